The first-order chi connectivity index (χ1) is 19.8. The molecular formula is C28H32N2O11. The van der Waals surface area contributed by atoms with Crippen molar-refractivity contribution in [2.45, 2.75) is 75.1 Å². The van der Waals surface area contributed by atoms with Gasteiger partial charge >= 0.3 is 11.9 Å². The molecular weight excluding hydrogens is 540 g/mol. The van der Waals surface area contributed by atoms with E-state index in [4.69, 9.17) is 23.7 Å². The molecule has 8 rings (SSSR count). The molecule has 5 saturated heterocycles. The fourth-order valence-corrected chi connectivity index (χ4v) is 8.03. The van der Waals surface area contributed by atoms with Crippen LogP contribution in [0.25, 0.3) is 0 Å². The number of likely N-dealkylation sites (tertiary alicyclic amines) is 2. The molecule has 13 heteroatoms. The van der Waals surface area contributed by atoms with Crippen molar-refractivity contribution < 1.29 is 52.5 Å². The highest BCUT2D eigenvalue weighted by Gasteiger charge is 2.60. The summed E-state index contributed by atoms with van der Waals surface area (Å²) in [7, 11) is 0. The molecule has 13 nitrogen and oxygen atoms in total. The average Bonchev–Trinajstić information content (AvgIpc) is 3.88. The predicted molar refractivity (Wildman–Crippen MR) is 130 cm³/mol. The molecule has 0 aromatic heterocycles. The van der Waals surface area contributed by atoms with Crippen molar-refractivity contribution in [2.24, 2.45) is 35.5 Å². The van der Waals surface area contributed by atoms with E-state index in [0.717, 1.165) is 0 Å². The number of imide groups is 2. The van der Waals surface area contributed by atoms with Crippen LogP contribution < -0.4 is 0 Å². The Labute approximate surface area is 235 Å². The summed E-state index contributed by atoms with van der Waals surface area (Å²) in [5.41, 5.74) is 0. The van der Waals surface area contributed by atoms with Gasteiger partial charge in [0.15, 0.2) is 0 Å². The minimum atomic E-state index is -0.785. The first kappa shape index (κ1) is 25.8. The van der Waals surface area contributed by atoms with E-state index in [0.29, 0.717) is 38.5 Å². The Morgan fingerprint density at radius 1 is 0.537 bits per heavy atom. The Morgan fingerprint density at radius 3 is 1.15 bits per heavy atom. The second kappa shape index (κ2) is 9.30. The second-order valence-corrected chi connectivity index (χ2v) is 12.7. The molecule has 0 N–H and O–H groups in total. The molecule has 3 saturated carbocycles. The minimum Gasteiger partial charge on any atom is -0.464 e. The molecule has 8 fully saturated rings. The lowest BCUT2D eigenvalue weighted by molar-refractivity contribution is -0.163. The Hall–Kier alpha value is -2.90. The van der Waals surface area contributed by atoms with Crippen molar-refractivity contribution in [2.75, 3.05) is 26.3 Å². The number of ether oxygens (including phenoxy) is 5. The van der Waals surface area contributed by atoms with Crippen LogP contribution in [0, 0.1) is 35.5 Å². The normalized spacial score (nSPS) is 44.9. The molecule has 5 heterocycles. The molecule has 41 heavy (non-hydrogen) atoms. The molecule has 5 aliphatic heterocycles. The maximum atomic E-state index is 13.1. The summed E-state index contributed by atoms with van der Waals surface area (Å²) in [6.07, 6.45) is 2.91. The van der Waals surface area contributed by atoms with Crippen LogP contribution in [0.3, 0.4) is 0 Å². The van der Waals surface area contributed by atoms with E-state index in [1.807, 2.05) is 0 Å². The molecule has 0 spiro atoms. The van der Waals surface area contributed by atoms with Crippen molar-refractivity contribution in [3.8, 4) is 0 Å². The van der Waals surface area contributed by atoms with Gasteiger partial charge in [-0.2, -0.15) is 0 Å². The summed E-state index contributed by atoms with van der Waals surface area (Å²) in [5.74, 6) is -5.16. The molecule has 4 amide bonds. The first-order valence-electron chi connectivity index (χ1n) is 14.8. The number of carbonyl (C=O) groups is 6. The first-order valence-corrected chi connectivity index (χ1v) is 14.8. The van der Waals surface area contributed by atoms with Gasteiger partial charge in [0.05, 0.1) is 85.2 Å². The second-order valence-electron chi connectivity index (χ2n) is 12.7. The van der Waals surface area contributed by atoms with Crippen LogP contribution in [-0.4, -0.2) is 108 Å². The zero-order valence-electron chi connectivity index (χ0n) is 22.4. The highest BCUT2D eigenvalue weighted by molar-refractivity contribution is 6.06. The standard InChI is InChI=1S/C28H32N2O11/c31-23-11-5-17-18(39-17)6-12(11)24(32)29(23)1-3-37-27(35)15-9-21-22(41-21)10-16(15)28(36)38-4-2-30-25(33)13-7-19-20(40-19)8-14(13)26(30)34/h11-22H,1-10H2. The van der Waals surface area contributed by atoms with Gasteiger partial charge in [-0.3, -0.25) is 38.6 Å². The quantitative estimate of drug-likeness (QED) is 0.203. The van der Waals surface area contributed by atoms with E-state index in [1.165, 1.54) is 9.80 Å². The molecule has 0 bridgehead atoms. The van der Waals surface area contributed by atoms with Crippen LogP contribution in [0.4, 0.5) is 0 Å². The Morgan fingerprint density at radius 2 is 0.829 bits per heavy atom. The third-order valence-corrected chi connectivity index (χ3v) is 10.5. The molecule has 12 atom stereocenters. The summed E-state index contributed by atoms with van der Waals surface area (Å²) >= 11 is 0. The van der Waals surface area contributed by atoms with E-state index in [9.17, 15) is 28.8 Å². The SMILES string of the molecule is O=C(OCCN1C(=O)C2CC3OC3CC2C1=O)C1CC2OC2CC1C(=O)OCCN1C(=O)C2CC3OC3CC2C1=O. The predicted octanol–water partition coefficient (Wildman–Crippen LogP) is -0.809. The smallest absolute Gasteiger partial charge is 0.309 e. The van der Waals surface area contributed by atoms with Gasteiger partial charge in [-0.15, -0.1) is 0 Å². The third-order valence-electron chi connectivity index (χ3n) is 10.5. The Balaban J connectivity index is 0.835. The molecule has 0 aromatic carbocycles. The van der Waals surface area contributed by atoms with Crippen molar-refractivity contribution in [3.05, 3.63) is 0 Å². The summed E-state index contributed by atoms with van der Waals surface area (Å²) in [6.45, 7) is -0.351. The van der Waals surface area contributed by atoms with Crippen molar-refractivity contribution >= 4 is 35.6 Å². The van der Waals surface area contributed by atoms with Gasteiger partial charge in [-0.05, 0) is 38.5 Å². The lowest BCUT2D eigenvalue weighted by Gasteiger charge is -2.26. The van der Waals surface area contributed by atoms with E-state index in [-0.39, 0.29) is 110 Å². The summed E-state index contributed by atoms with van der Waals surface area (Å²) in [4.78, 5) is 79.6. The van der Waals surface area contributed by atoms with Gasteiger partial charge in [-0.1, -0.05) is 0 Å². The fraction of sp³-hybridized carbons (Fsp3) is 0.786. The monoisotopic (exact) mass is 572 g/mol. The van der Waals surface area contributed by atoms with Gasteiger partial charge in [0.25, 0.3) is 0 Å². The number of rotatable bonds is 8. The fourth-order valence-electron chi connectivity index (χ4n) is 8.03. The van der Waals surface area contributed by atoms with Crippen LogP contribution >= 0.6 is 0 Å². The zero-order valence-corrected chi connectivity index (χ0v) is 22.4. The molecule has 12 unspecified atom stereocenters. The summed E-state index contributed by atoms with van der Waals surface area (Å²) in [6, 6.07) is 0. The van der Waals surface area contributed by atoms with Crippen molar-refractivity contribution in [1.29, 1.82) is 0 Å². The molecule has 3 aliphatic carbocycles. The van der Waals surface area contributed by atoms with Crippen LogP contribution in [0.1, 0.15) is 38.5 Å². The van der Waals surface area contributed by atoms with Gasteiger partial charge in [0.1, 0.15) is 13.2 Å². The number of epoxide rings is 3. The third kappa shape index (κ3) is 4.30. The molecule has 8 aliphatic rings. The Kier molecular flexibility index (Phi) is 5.85. The highest BCUT2D eigenvalue weighted by Crippen LogP contribution is 2.48. The van der Waals surface area contributed by atoms with Crippen LogP contribution in [0.5, 0.6) is 0 Å². The van der Waals surface area contributed by atoms with E-state index in [2.05, 4.69) is 0 Å². The summed E-state index contributed by atoms with van der Waals surface area (Å²) < 4.78 is 27.5. The van der Waals surface area contributed by atoms with E-state index in [1.54, 1.807) is 0 Å². The van der Waals surface area contributed by atoms with Gasteiger partial charge in [-0.25, -0.2) is 0 Å². The number of carbonyl (C=O) groups excluding carboxylic acids is 6. The lowest BCUT2D eigenvalue weighted by Crippen LogP contribution is -2.40. The number of nitrogens with zero attached hydrogens (tertiary/aromatic N) is 2. The topological polar surface area (TPSA) is 165 Å². The largest absolute Gasteiger partial charge is 0.464 e. The average molecular weight is 573 g/mol. The maximum absolute atomic E-state index is 13.1. The molecule has 0 radical (unpaired) electrons. The van der Waals surface area contributed by atoms with Crippen molar-refractivity contribution in [3.63, 3.8) is 0 Å². The van der Waals surface area contributed by atoms with Crippen LogP contribution in [-0.2, 0) is 52.5 Å². The lowest BCUT2D eigenvalue weighted by atomic mass is 9.79. The van der Waals surface area contributed by atoms with E-state index < -0.39 is 23.8 Å². The van der Waals surface area contributed by atoms with Crippen molar-refractivity contribution in [1.82, 2.24) is 9.80 Å². The summed E-state index contributed by atoms with van der Waals surface area (Å²) in [5, 5.41) is 0. The Bertz CT molecular complexity index is 1090. The molecule has 0 aromatic rings. The maximum Gasteiger partial charge on any atom is 0.309 e. The number of hydrogen-bond donors (Lipinski definition) is 0. The van der Waals surface area contributed by atoms with Gasteiger partial charge < -0.3 is 23.7 Å². The minimum absolute atomic E-state index is 0.0233. The highest BCUT2D eigenvalue weighted by atomic mass is 16.6. The van der Waals surface area contributed by atoms with Gasteiger partial charge in [0.2, 0.25) is 23.6 Å². The number of amides is 4. The van der Waals surface area contributed by atoms with Crippen LogP contribution in [0.15, 0.2) is 0 Å². The number of esters is 2. The van der Waals surface area contributed by atoms with Crippen LogP contribution in [0.2, 0.25) is 0 Å². The zero-order chi connectivity index (χ0) is 28.2. The molecule has 220 valence electrons. The van der Waals surface area contributed by atoms with E-state index >= 15 is 0 Å². The number of hydrogen-bond acceptors (Lipinski definition) is 11. The van der Waals surface area contributed by atoms with Gasteiger partial charge in [0, 0.05) is 0 Å². The number of fused-ring (bicyclic) bond motifs is 5.